The minimum absolute atomic E-state index is 0.0130. The van der Waals surface area contributed by atoms with Crippen molar-refractivity contribution >= 4 is 11.8 Å². The number of esters is 1. The highest BCUT2D eigenvalue weighted by molar-refractivity contribution is 5.73. The standard InChI is InChI=1S/C14H20N2O2/c1-3-18-14(17)12-7-5-9-16(10-12)13-8-4-6-11(2)15-13/h4,6,8,12H,3,5,7,9-10H2,1-2H3. The quantitative estimate of drug-likeness (QED) is 0.769. The molecule has 18 heavy (non-hydrogen) atoms. The van der Waals surface area contributed by atoms with E-state index in [1.165, 1.54) is 0 Å². The van der Waals surface area contributed by atoms with Gasteiger partial charge in [0.1, 0.15) is 5.82 Å². The molecule has 1 saturated heterocycles. The Labute approximate surface area is 108 Å². The second-order valence-corrected chi connectivity index (χ2v) is 4.67. The van der Waals surface area contributed by atoms with Crippen LogP contribution in [0.5, 0.6) is 0 Å². The number of hydrogen-bond donors (Lipinski definition) is 0. The van der Waals surface area contributed by atoms with Crippen molar-refractivity contribution in [2.45, 2.75) is 26.7 Å². The molecule has 98 valence electrons. The Morgan fingerprint density at radius 1 is 1.56 bits per heavy atom. The van der Waals surface area contributed by atoms with Gasteiger partial charge in [0, 0.05) is 18.8 Å². The summed E-state index contributed by atoms with van der Waals surface area (Å²) in [7, 11) is 0. The highest BCUT2D eigenvalue weighted by atomic mass is 16.5. The predicted octanol–water partition coefficient (Wildman–Crippen LogP) is 2.17. The fourth-order valence-electron chi connectivity index (χ4n) is 2.34. The molecule has 0 amide bonds. The van der Waals surface area contributed by atoms with Crippen molar-refractivity contribution in [3.05, 3.63) is 23.9 Å². The lowest BCUT2D eigenvalue weighted by molar-refractivity contribution is -0.148. The molecule has 1 aromatic rings. The van der Waals surface area contributed by atoms with E-state index in [9.17, 15) is 4.79 Å². The number of carbonyl (C=O) groups is 1. The minimum Gasteiger partial charge on any atom is -0.466 e. The maximum atomic E-state index is 11.8. The predicted molar refractivity (Wildman–Crippen MR) is 70.5 cm³/mol. The fourth-order valence-corrected chi connectivity index (χ4v) is 2.34. The van der Waals surface area contributed by atoms with Crippen molar-refractivity contribution in [1.29, 1.82) is 0 Å². The van der Waals surface area contributed by atoms with Crippen molar-refractivity contribution in [1.82, 2.24) is 4.98 Å². The normalized spacial score (nSPS) is 19.7. The summed E-state index contributed by atoms with van der Waals surface area (Å²) in [6.07, 6.45) is 1.93. The van der Waals surface area contributed by atoms with Crippen LogP contribution in [-0.4, -0.2) is 30.6 Å². The van der Waals surface area contributed by atoms with E-state index in [-0.39, 0.29) is 11.9 Å². The van der Waals surface area contributed by atoms with E-state index in [0.29, 0.717) is 6.61 Å². The average Bonchev–Trinajstić information content (AvgIpc) is 2.39. The molecule has 0 bridgehead atoms. The summed E-state index contributed by atoms with van der Waals surface area (Å²) in [5.74, 6) is 0.875. The fraction of sp³-hybridized carbons (Fsp3) is 0.571. The molecule has 0 saturated carbocycles. The molecule has 1 unspecified atom stereocenters. The van der Waals surface area contributed by atoms with Gasteiger partial charge in [-0.25, -0.2) is 4.98 Å². The summed E-state index contributed by atoms with van der Waals surface area (Å²) in [6, 6.07) is 5.99. The Balaban J connectivity index is 2.04. The SMILES string of the molecule is CCOC(=O)C1CCCN(c2cccc(C)n2)C1. The molecule has 4 nitrogen and oxygen atoms in total. The molecular formula is C14H20N2O2. The average molecular weight is 248 g/mol. The van der Waals surface area contributed by atoms with Crippen LogP contribution in [-0.2, 0) is 9.53 Å². The van der Waals surface area contributed by atoms with Gasteiger partial charge in [-0.2, -0.15) is 0 Å². The van der Waals surface area contributed by atoms with Gasteiger partial charge in [-0.05, 0) is 38.8 Å². The van der Waals surface area contributed by atoms with Gasteiger partial charge < -0.3 is 9.64 Å². The van der Waals surface area contributed by atoms with Crippen molar-refractivity contribution in [2.24, 2.45) is 5.92 Å². The molecule has 2 heterocycles. The van der Waals surface area contributed by atoms with Crippen molar-refractivity contribution < 1.29 is 9.53 Å². The van der Waals surface area contributed by atoms with E-state index in [0.717, 1.165) is 37.4 Å². The Morgan fingerprint density at radius 3 is 3.11 bits per heavy atom. The Kier molecular flexibility index (Phi) is 4.18. The number of hydrogen-bond acceptors (Lipinski definition) is 4. The number of anilines is 1. The van der Waals surface area contributed by atoms with E-state index < -0.39 is 0 Å². The molecule has 0 aliphatic carbocycles. The van der Waals surface area contributed by atoms with Crippen molar-refractivity contribution in [3.63, 3.8) is 0 Å². The second-order valence-electron chi connectivity index (χ2n) is 4.67. The zero-order valence-electron chi connectivity index (χ0n) is 11.1. The van der Waals surface area contributed by atoms with E-state index >= 15 is 0 Å². The number of aromatic nitrogens is 1. The van der Waals surface area contributed by atoms with E-state index in [4.69, 9.17) is 4.74 Å². The van der Waals surface area contributed by atoms with Gasteiger partial charge in [0.2, 0.25) is 0 Å². The second kappa shape index (κ2) is 5.85. The third-order valence-electron chi connectivity index (χ3n) is 3.24. The van der Waals surface area contributed by atoms with Crippen LogP contribution < -0.4 is 4.90 Å². The summed E-state index contributed by atoms with van der Waals surface area (Å²) in [4.78, 5) is 18.5. The first kappa shape index (κ1) is 12.9. The van der Waals surface area contributed by atoms with E-state index in [1.54, 1.807) is 0 Å². The first-order chi connectivity index (χ1) is 8.70. The van der Waals surface area contributed by atoms with Crippen molar-refractivity contribution in [2.75, 3.05) is 24.6 Å². The van der Waals surface area contributed by atoms with Gasteiger partial charge in [0.05, 0.1) is 12.5 Å². The number of piperidine rings is 1. The zero-order chi connectivity index (χ0) is 13.0. The number of carbonyl (C=O) groups excluding carboxylic acids is 1. The van der Waals surface area contributed by atoms with Gasteiger partial charge in [-0.3, -0.25) is 4.79 Å². The van der Waals surface area contributed by atoms with Crippen LogP contribution in [0.25, 0.3) is 0 Å². The third-order valence-corrected chi connectivity index (χ3v) is 3.24. The van der Waals surface area contributed by atoms with Gasteiger partial charge in [-0.1, -0.05) is 6.07 Å². The summed E-state index contributed by atoms with van der Waals surface area (Å²) >= 11 is 0. The molecular weight excluding hydrogens is 228 g/mol. The molecule has 1 aliphatic heterocycles. The van der Waals surface area contributed by atoms with Gasteiger partial charge in [0.15, 0.2) is 0 Å². The van der Waals surface area contributed by atoms with Crippen molar-refractivity contribution in [3.8, 4) is 0 Å². The van der Waals surface area contributed by atoms with Crippen LogP contribution in [0.15, 0.2) is 18.2 Å². The van der Waals surface area contributed by atoms with Crippen LogP contribution in [0.3, 0.4) is 0 Å². The molecule has 1 atom stereocenters. The third kappa shape index (κ3) is 3.00. The molecule has 1 aromatic heterocycles. The highest BCUT2D eigenvalue weighted by Crippen LogP contribution is 2.22. The minimum atomic E-state index is -0.0742. The highest BCUT2D eigenvalue weighted by Gasteiger charge is 2.27. The number of ether oxygens (including phenoxy) is 1. The maximum absolute atomic E-state index is 11.8. The monoisotopic (exact) mass is 248 g/mol. The Hall–Kier alpha value is -1.58. The van der Waals surface area contributed by atoms with Gasteiger partial charge in [-0.15, -0.1) is 0 Å². The van der Waals surface area contributed by atoms with Gasteiger partial charge >= 0.3 is 5.97 Å². The Morgan fingerprint density at radius 2 is 2.39 bits per heavy atom. The summed E-state index contributed by atoms with van der Waals surface area (Å²) in [5, 5.41) is 0. The van der Waals surface area contributed by atoms with E-state index in [1.807, 2.05) is 32.0 Å². The molecule has 0 spiro atoms. The number of aryl methyl sites for hydroxylation is 1. The summed E-state index contributed by atoms with van der Waals surface area (Å²) < 4.78 is 5.10. The molecule has 2 rings (SSSR count). The first-order valence-electron chi connectivity index (χ1n) is 6.56. The summed E-state index contributed by atoms with van der Waals surface area (Å²) in [5.41, 5.74) is 1.01. The van der Waals surface area contributed by atoms with Crippen LogP contribution in [0.1, 0.15) is 25.5 Å². The van der Waals surface area contributed by atoms with Crippen LogP contribution >= 0.6 is 0 Å². The Bertz CT molecular complexity index is 420. The molecule has 1 fully saturated rings. The van der Waals surface area contributed by atoms with Crippen LogP contribution in [0.2, 0.25) is 0 Å². The smallest absolute Gasteiger partial charge is 0.310 e. The molecule has 0 aromatic carbocycles. The molecule has 4 heteroatoms. The molecule has 1 aliphatic rings. The lowest BCUT2D eigenvalue weighted by Gasteiger charge is -2.32. The van der Waals surface area contributed by atoms with Crippen LogP contribution in [0, 0.1) is 12.8 Å². The lowest BCUT2D eigenvalue weighted by atomic mass is 9.98. The lowest BCUT2D eigenvalue weighted by Crippen LogP contribution is -2.39. The number of pyridine rings is 1. The topological polar surface area (TPSA) is 42.4 Å². The van der Waals surface area contributed by atoms with Crippen LogP contribution in [0.4, 0.5) is 5.82 Å². The maximum Gasteiger partial charge on any atom is 0.310 e. The number of rotatable bonds is 3. The number of nitrogens with zero attached hydrogens (tertiary/aromatic N) is 2. The zero-order valence-corrected chi connectivity index (χ0v) is 11.1. The molecule has 0 N–H and O–H groups in total. The largest absolute Gasteiger partial charge is 0.466 e. The first-order valence-corrected chi connectivity index (χ1v) is 6.56. The van der Waals surface area contributed by atoms with Gasteiger partial charge in [0.25, 0.3) is 0 Å². The summed E-state index contributed by atoms with van der Waals surface area (Å²) in [6.45, 7) is 5.97. The molecule has 0 radical (unpaired) electrons. The van der Waals surface area contributed by atoms with E-state index in [2.05, 4.69) is 9.88 Å².